The summed E-state index contributed by atoms with van der Waals surface area (Å²) in [5.74, 6) is -0.656. The summed E-state index contributed by atoms with van der Waals surface area (Å²) in [6.45, 7) is 0.130. The van der Waals surface area contributed by atoms with E-state index in [4.69, 9.17) is 9.47 Å². The molecule has 1 saturated heterocycles. The number of hydrogen-bond acceptors (Lipinski definition) is 6. The number of cyclic esters (lactones) is 2. The van der Waals surface area contributed by atoms with Crippen LogP contribution in [0.5, 0.6) is 0 Å². The smallest absolute Gasteiger partial charge is 0.416 e. The van der Waals surface area contributed by atoms with E-state index in [1.807, 2.05) is 0 Å². The molecule has 3 amide bonds. The molecule has 0 bridgehead atoms. The fraction of sp³-hybridized carbons (Fsp3) is 0.438. The number of nitrogens with zero attached hydrogens (tertiary/aromatic N) is 3. The van der Waals surface area contributed by atoms with E-state index in [2.05, 4.69) is 4.74 Å². The standard InChI is InChI=1S/C16H18FN3O6/c1-18(14(21)24-3)12-8-20(16(23)26-12)10-6-9-4-5-25-15(22)19(2)13(9)11(17)7-10/h6-7,12H,4-5,8H2,1-3H3/t12-/m1/s1. The van der Waals surface area contributed by atoms with Gasteiger partial charge in [-0.15, -0.1) is 0 Å². The van der Waals surface area contributed by atoms with Gasteiger partial charge < -0.3 is 14.2 Å². The predicted octanol–water partition coefficient (Wildman–Crippen LogP) is 1.94. The first-order valence-corrected chi connectivity index (χ1v) is 7.85. The average Bonchev–Trinajstić information content (AvgIpc) is 2.94. The van der Waals surface area contributed by atoms with Crippen LogP contribution < -0.4 is 9.80 Å². The summed E-state index contributed by atoms with van der Waals surface area (Å²) in [5, 5.41) is 0. The summed E-state index contributed by atoms with van der Waals surface area (Å²) in [5.41, 5.74) is 0.924. The van der Waals surface area contributed by atoms with Gasteiger partial charge in [-0.2, -0.15) is 0 Å². The van der Waals surface area contributed by atoms with E-state index in [9.17, 15) is 18.8 Å². The molecule has 9 nitrogen and oxygen atoms in total. The zero-order valence-electron chi connectivity index (χ0n) is 14.5. The van der Waals surface area contributed by atoms with Crippen molar-refractivity contribution in [3.63, 3.8) is 0 Å². The van der Waals surface area contributed by atoms with Crippen LogP contribution in [-0.4, -0.2) is 63.8 Å². The van der Waals surface area contributed by atoms with Crippen molar-refractivity contribution in [1.29, 1.82) is 0 Å². The number of likely N-dealkylation sites (N-methyl/N-ethyl adjacent to an activating group) is 1. The molecule has 0 aromatic heterocycles. The Kier molecular flexibility index (Phi) is 4.58. The molecule has 0 N–H and O–H groups in total. The molecule has 0 saturated carbocycles. The van der Waals surface area contributed by atoms with Crippen molar-refractivity contribution in [2.45, 2.75) is 12.6 Å². The number of benzene rings is 1. The number of methoxy groups -OCH3 is 1. The van der Waals surface area contributed by atoms with Gasteiger partial charge in [-0.1, -0.05) is 0 Å². The summed E-state index contributed by atoms with van der Waals surface area (Å²) in [6, 6.07) is 2.76. The van der Waals surface area contributed by atoms with Gasteiger partial charge in [-0.25, -0.2) is 18.8 Å². The lowest BCUT2D eigenvalue weighted by atomic mass is 10.1. The van der Waals surface area contributed by atoms with Gasteiger partial charge in [-0.05, 0) is 17.7 Å². The molecule has 0 aliphatic carbocycles. The van der Waals surface area contributed by atoms with Crippen LogP contribution in [0.4, 0.5) is 30.1 Å². The lowest BCUT2D eigenvalue weighted by molar-refractivity contribution is 0.0343. The molecule has 1 atom stereocenters. The first kappa shape index (κ1) is 17.8. The maximum atomic E-state index is 14.6. The average molecular weight is 367 g/mol. The number of carbonyl (C=O) groups is 3. The molecule has 26 heavy (non-hydrogen) atoms. The maximum absolute atomic E-state index is 14.6. The van der Waals surface area contributed by atoms with Gasteiger partial charge in [0.1, 0.15) is 5.82 Å². The molecule has 1 aromatic carbocycles. The third-order valence-electron chi connectivity index (χ3n) is 4.34. The highest BCUT2D eigenvalue weighted by atomic mass is 19.1. The van der Waals surface area contributed by atoms with Gasteiger partial charge in [0.05, 0.1) is 31.6 Å². The van der Waals surface area contributed by atoms with E-state index in [-0.39, 0.29) is 24.5 Å². The minimum Gasteiger partial charge on any atom is -0.453 e. The third kappa shape index (κ3) is 2.98. The molecule has 0 unspecified atom stereocenters. The van der Waals surface area contributed by atoms with Gasteiger partial charge in [-0.3, -0.25) is 14.7 Å². The van der Waals surface area contributed by atoms with Crippen molar-refractivity contribution in [2.75, 3.05) is 44.2 Å². The van der Waals surface area contributed by atoms with Crippen LogP contribution in [0.2, 0.25) is 0 Å². The Hall–Kier alpha value is -3.04. The third-order valence-corrected chi connectivity index (χ3v) is 4.34. The fourth-order valence-electron chi connectivity index (χ4n) is 2.92. The normalized spacial score (nSPS) is 19.5. The molecule has 2 heterocycles. The molecule has 2 aliphatic heterocycles. The minimum absolute atomic E-state index is 0.0218. The van der Waals surface area contributed by atoms with E-state index < -0.39 is 30.3 Å². The van der Waals surface area contributed by atoms with Gasteiger partial charge in [0.2, 0.25) is 0 Å². The zero-order valence-corrected chi connectivity index (χ0v) is 14.5. The molecule has 0 radical (unpaired) electrons. The molecular formula is C16H18FN3O6. The van der Waals surface area contributed by atoms with Crippen LogP contribution in [0.1, 0.15) is 5.56 Å². The number of carbonyl (C=O) groups excluding carboxylic acids is 3. The van der Waals surface area contributed by atoms with Crippen molar-refractivity contribution in [3.8, 4) is 0 Å². The summed E-state index contributed by atoms with van der Waals surface area (Å²) < 4.78 is 29.4. The van der Waals surface area contributed by atoms with Crippen LogP contribution in [0.25, 0.3) is 0 Å². The topological polar surface area (TPSA) is 88.6 Å². The van der Waals surface area contributed by atoms with E-state index in [1.54, 1.807) is 6.07 Å². The van der Waals surface area contributed by atoms with Crippen LogP contribution in [-0.2, 0) is 20.6 Å². The van der Waals surface area contributed by atoms with Crippen molar-refractivity contribution >= 4 is 29.7 Å². The molecule has 1 fully saturated rings. The second kappa shape index (κ2) is 6.70. The summed E-state index contributed by atoms with van der Waals surface area (Å²) in [4.78, 5) is 39.0. The van der Waals surface area contributed by atoms with Crippen LogP contribution in [0, 0.1) is 5.82 Å². The maximum Gasteiger partial charge on any atom is 0.416 e. The van der Waals surface area contributed by atoms with Gasteiger partial charge in [0.25, 0.3) is 0 Å². The van der Waals surface area contributed by atoms with Crippen LogP contribution >= 0.6 is 0 Å². The summed E-state index contributed by atoms with van der Waals surface area (Å²) in [7, 11) is 4.07. The molecule has 1 aromatic rings. The first-order valence-electron chi connectivity index (χ1n) is 7.85. The van der Waals surface area contributed by atoms with Crippen molar-refractivity contribution in [2.24, 2.45) is 0 Å². The number of hydrogen-bond donors (Lipinski definition) is 0. The Morgan fingerprint density at radius 3 is 2.77 bits per heavy atom. The lowest BCUT2D eigenvalue weighted by Crippen LogP contribution is -2.39. The van der Waals surface area contributed by atoms with Crippen LogP contribution in [0.3, 0.4) is 0 Å². The first-order chi connectivity index (χ1) is 12.3. The predicted molar refractivity (Wildman–Crippen MR) is 87.6 cm³/mol. The molecule has 2 aliphatic rings. The largest absolute Gasteiger partial charge is 0.453 e. The Balaban J connectivity index is 1.90. The van der Waals surface area contributed by atoms with E-state index in [0.717, 1.165) is 15.9 Å². The van der Waals surface area contributed by atoms with E-state index in [0.29, 0.717) is 12.0 Å². The highest BCUT2D eigenvalue weighted by Gasteiger charge is 2.38. The quantitative estimate of drug-likeness (QED) is 0.742. The highest BCUT2D eigenvalue weighted by Crippen LogP contribution is 2.33. The van der Waals surface area contributed by atoms with Crippen LogP contribution in [0.15, 0.2) is 12.1 Å². The number of fused-ring (bicyclic) bond motifs is 1. The van der Waals surface area contributed by atoms with Crippen molar-refractivity contribution in [3.05, 3.63) is 23.5 Å². The van der Waals surface area contributed by atoms with Crippen molar-refractivity contribution in [1.82, 2.24) is 4.90 Å². The molecule has 10 heteroatoms. The SMILES string of the molecule is COC(=O)N(C)[C@H]1CN(c2cc(F)c3c(c2)CCOC(=O)N3C)C(=O)O1. The van der Waals surface area contributed by atoms with Gasteiger partial charge >= 0.3 is 18.3 Å². The lowest BCUT2D eigenvalue weighted by Gasteiger charge is -2.21. The Morgan fingerprint density at radius 2 is 2.08 bits per heavy atom. The number of amides is 3. The van der Waals surface area contributed by atoms with E-state index >= 15 is 0 Å². The molecule has 0 spiro atoms. The number of halogens is 1. The zero-order chi connectivity index (χ0) is 19.0. The Bertz CT molecular complexity index is 771. The summed E-state index contributed by atoms with van der Waals surface area (Å²) in [6.07, 6.45) is -2.56. The number of ether oxygens (including phenoxy) is 3. The van der Waals surface area contributed by atoms with Gasteiger partial charge in [0.15, 0.2) is 6.23 Å². The van der Waals surface area contributed by atoms with Crippen molar-refractivity contribution < 1.29 is 33.0 Å². The summed E-state index contributed by atoms with van der Waals surface area (Å²) >= 11 is 0. The van der Waals surface area contributed by atoms with Gasteiger partial charge in [0, 0.05) is 20.5 Å². The Morgan fingerprint density at radius 1 is 1.35 bits per heavy atom. The minimum atomic E-state index is -0.857. The molecule has 3 rings (SSSR count). The number of rotatable bonds is 2. The second-order valence-electron chi connectivity index (χ2n) is 5.89. The Labute approximate surface area is 148 Å². The number of anilines is 2. The van der Waals surface area contributed by atoms with E-state index in [1.165, 1.54) is 26.1 Å². The second-order valence-corrected chi connectivity index (χ2v) is 5.89. The molecule has 140 valence electrons. The molecular weight excluding hydrogens is 349 g/mol. The fourth-order valence-corrected chi connectivity index (χ4v) is 2.92. The monoisotopic (exact) mass is 367 g/mol. The highest BCUT2D eigenvalue weighted by molar-refractivity contribution is 5.93.